The predicted octanol–water partition coefficient (Wildman–Crippen LogP) is 8.09. The average Bonchev–Trinajstić information content (AvgIpc) is 3.28. The van der Waals surface area contributed by atoms with Gasteiger partial charge < -0.3 is 10.4 Å². The van der Waals surface area contributed by atoms with E-state index in [-0.39, 0.29) is 11.3 Å². The van der Waals surface area contributed by atoms with Crippen LogP contribution >= 0.6 is 0 Å². The Bertz CT molecular complexity index is 1660. The molecule has 1 amide bonds. The molecule has 0 atom stereocenters. The molecule has 0 aliphatic heterocycles. The zero-order chi connectivity index (χ0) is 24.6. The summed E-state index contributed by atoms with van der Waals surface area (Å²) in [5, 5.41) is 24.8. The van der Waals surface area contributed by atoms with E-state index >= 15 is 0 Å². The molecule has 0 aromatic heterocycles. The third-order valence-corrected chi connectivity index (χ3v) is 6.61. The second-order valence-electron chi connectivity index (χ2n) is 9.00. The van der Waals surface area contributed by atoms with Crippen molar-refractivity contribution < 1.29 is 9.90 Å². The number of carbonyl (C=O) groups excluding carboxylic acids is 1. The number of benzene rings is 5. The standard InChI is InChI=1S/C31H23N3O2/c1-19-11-14-23(15-12-19)33-34-29-28-21(13-16-25-24-10-6-5-7-20(24)17-26(25)28)18-27(30(29)35)31(36)32-22-8-3-2-4-9-22/h2-16,18,35H,17H2,1H3,(H,32,36). The van der Waals surface area contributed by atoms with Gasteiger partial charge in [-0.05, 0) is 71.3 Å². The Labute approximate surface area is 208 Å². The maximum absolute atomic E-state index is 13.2. The number of nitrogens with one attached hydrogen (secondary N) is 1. The minimum Gasteiger partial charge on any atom is -0.505 e. The van der Waals surface area contributed by atoms with Gasteiger partial charge >= 0.3 is 0 Å². The lowest BCUT2D eigenvalue weighted by Crippen LogP contribution is -2.12. The van der Waals surface area contributed by atoms with Crippen molar-refractivity contribution in [2.45, 2.75) is 13.3 Å². The number of aromatic hydroxyl groups is 1. The maximum Gasteiger partial charge on any atom is 0.259 e. The summed E-state index contributed by atoms with van der Waals surface area (Å²) in [7, 11) is 0. The van der Waals surface area contributed by atoms with Gasteiger partial charge in [-0.25, -0.2) is 0 Å². The van der Waals surface area contributed by atoms with Crippen LogP contribution in [0.2, 0.25) is 0 Å². The first-order valence-electron chi connectivity index (χ1n) is 11.8. The number of rotatable bonds is 4. The van der Waals surface area contributed by atoms with Crippen LogP contribution in [0.5, 0.6) is 5.75 Å². The summed E-state index contributed by atoms with van der Waals surface area (Å²) in [4.78, 5) is 13.2. The Hall–Kier alpha value is -4.77. The zero-order valence-electron chi connectivity index (χ0n) is 19.7. The molecule has 6 rings (SSSR count). The van der Waals surface area contributed by atoms with Crippen molar-refractivity contribution in [2.75, 3.05) is 5.32 Å². The van der Waals surface area contributed by atoms with Crippen molar-refractivity contribution >= 4 is 33.7 Å². The molecular weight excluding hydrogens is 446 g/mol. The van der Waals surface area contributed by atoms with Gasteiger partial charge in [0.25, 0.3) is 5.91 Å². The normalized spacial score (nSPS) is 12.0. The molecule has 5 aromatic rings. The van der Waals surface area contributed by atoms with Crippen LogP contribution in [0, 0.1) is 6.92 Å². The highest BCUT2D eigenvalue weighted by molar-refractivity contribution is 6.13. The van der Waals surface area contributed by atoms with Crippen LogP contribution < -0.4 is 5.32 Å². The smallest absolute Gasteiger partial charge is 0.259 e. The van der Waals surface area contributed by atoms with Crippen molar-refractivity contribution in [3.05, 3.63) is 119 Å². The topological polar surface area (TPSA) is 74.0 Å². The third kappa shape index (κ3) is 3.81. The molecule has 2 N–H and O–H groups in total. The molecule has 0 spiro atoms. The Morgan fingerprint density at radius 1 is 0.833 bits per heavy atom. The van der Waals surface area contributed by atoms with Crippen LogP contribution in [-0.2, 0) is 6.42 Å². The number of fused-ring (bicyclic) bond motifs is 5. The van der Waals surface area contributed by atoms with E-state index in [1.807, 2.05) is 67.6 Å². The quantitative estimate of drug-likeness (QED) is 0.256. The molecule has 174 valence electrons. The molecule has 36 heavy (non-hydrogen) atoms. The molecule has 0 saturated carbocycles. The van der Waals surface area contributed by atoms with Crippen LogP contribution in [0.1, 0.15) is 27.0 Å². The summed E-state index contributed by atoms with van der Waals surface area (Å²) in [6.07, 6.45) is 0.727. The number of azo groups is 1. The predicted molar refractivity (Wildman–Crippen MR) is 144 cm³/mol. The minimum absolute atomic E-state index is 0.152. The highest BCUT2D eigenvalue weighted by Crippen LogP contribution is 2.47. The first-order chi connectivity index (χ1) is 17.6. The van der Waals surface area contributed by atoms with E-state index in [0.29, 0.717) is 17.1 Å². The number of anilines is 1. The largest absolute Gasteiger partial charge is 0.505 e. The second kappa shape index (κ2) is 8.78. The Balaban J connectivity index is 1.53. The molecule has 1 aliphatic rings. The fourth-order valence-electron chi connectivity index (χ4n) is 4.81. The summed E-state index contributed by atoms with van der Waals surface area (Å²) in [5.74, 6) is -0.590. The van der Waals surface area contributed by atoms with E-state index in [1.54, 1.807) is 18.2 Å². The van der Waals surface area contributed by atoms with Gasteiger partial charge in [0.1, 0.15) is 5.69 Å². The molecule has 5 heteroatoms. The molecule has 0 fully saturated rings. The van der Waals surface area contributed by atoms with Gasteiger partial charge in [-0.1, -0.05) is 72.3 Å². The summed E-state index contributed by atoms with van der Waals surface area (Å²) in [5.41, 5.74) is 7.50. The summed E-state index contributed by atoms with van der Waals surface area (Å²) >= 11 is 0. The van der Waals surface area contributed by atoms with Crippen LogP contribution in [0.25, 0.3) is 21.9 Å². The highest BCUT2D eigenvalue weighted by atomic mass is 16.3. The fourth-order valence-corrected chi connectivity index (χ4v) is 4.81. The number of aryl methyl sites for hydroxylation is 1. The van der Waals surface area contributed by atoms with Crippen molar-refractivity contribution in [3.8, 4) is 16.9 Å². The van der Waals surface area contributed by atoms with Crippen molar-refractivity contribution in [1.29, 1.82) is 0 Å². The molecule has 0 unspecified atom stereocenters. The molecule has 5 nitrogen and oxygen atoms in total. The van der Waals surface area contributed by atoms with Crippen LogP contribution in [0.3, 0.4) is 0 Å². The number of phenolic OH excluding ortho intramolecular Hbond substituents is 1. The van der Waals surface area contributed by atoms with Crippen molar-refractivity contribution in [1.82, 2.24) is 0 Å². The third-order valence-electron chi connectivity index (χ3n) is 6.61. The number of nitrogens with zero attached hydrogens (tertiary/aromatic N) is 2. The number of hydrogen-bond donors (Lipinski definition) is 2. The van der Waals surface area contributed by atoms with E-state index in [4.69, 9.17) is 0 Å². The van der Waals surface area contributed by atoms with E-state index in [0.717, 1.165) is 33.9 Å². The van der Waals surface area contributed by atoms with E-state index in [2.05, 4.69) is 33.7 Å². The van der Waals surface area contributed by atoms with Gasteiger partial charge in [0.15, 0.2) is 5.75 Å². The van der Waals surface area contributed by atoms with Crippen molar-refractivity contribution in [2.24, 2.45) is 10.2 Å². The highest BCUT2D eigenvalue weighted by Gasteiger charge is 2.26. The molecule has 0 heterocycles. The molecule has 0 saturated heterocycles. The maximum atomic E-state index is 13.2. The first-order valence-corrected chi connectivity index (χ1v) is 11.8. The minimum atomic E-state index is -0.406. The van der Waals surface area contributed by atoms with Gasteiger partial charge in [-0.15, -0.1) is 5.11 Å². The van der Waals surface area contributed by atoms with Crippen molar-refractivity contribution in [3.63, 3.8) is 0 Å². The van der Waals surface area contributed by atoms with Crippen LogP contribution in [0.15, 0.2) is 107 Å². The Morgan fingerprint density at radius 3 is 2.39 bits per heavy atom. The number of para-hydroxylation sites is 1. The van der Waals surface area contributed by atoms with E-state index in [9.17, 15) is 9.90 Å². The summed E-state index contributed by atoms with van der Waals surface area (Å²) < 4.78 is 0. The Kier molecular flexibility index (Phi) is 5.30. The molecule has 5 aromatic carbocycles. The van der Waals surface area contributed by atoms with Crippen LogP contribution in [0.4, 0.5) is 17.1 Å². The lowest BCUT2D eigenvalue weighted by atomic mass is 9.95. The van der Waals surface area contributed by atoms with Crippen LogP contribution in [-0.4, -0.2) is 11.0 Å². The second-order valence-corrected chi connectivity index (χ2v) is 9.00. The molecule has 1 aliphatic carbocycles. The lowest BCUT2D eigenvalue weighted by Gasteiger charge is -2.14. The first kappa shape index (κ1) is 21.7. The number of carbonyl (C=O) groups is 1. The average molecular weight is 470 g/mol. The number of amides is 1. The monoisotopic (exact) mass is 469 g/mol. The van der Waals surface area contributed by atoms with E-state index < -0.39 is 5.91 Å². The Morgan fingerprint density at radius 2 is 1.58 bits per heavy atom. The molecule has 0 radical (unpaired) electrons. The lowest BCUT2D eigenvalue weighted by molar-refractivity contribution is 0.102. The summed E-state index contributed by atoms with van der Waals surface area (Å²) in [6, 6.07) is 31.0. The molecular formula is C31H23N3O2. The SMILES string of the molecule is Cc1ccc(N=Nc2c(O)c(C(=O)Nc3ccccc3)cc3ccc4c(c23)Cc2ccccc2-4)cc1. The number of phenols is 1. The zero-order valence-corrected chi connectivity index (χ0v) is 19.7. The fraction of sp³-hybridized carbons (Fsp3) is 0.0645. The molecule has 0 bridgehead atoms. The van der Waals surface area contributed by atoms with Gasteiger partial charge in [0.05, 0.1) is 11.3 Å². The van der Waals surface area contributed by atoms with Gasteiger partial charge in [0, 0.05) is 11.1 Å². The van der Waals surface area contributed by atoms with Gasteiger partial charge in [-0.3, -0.25) is 4.79 Å². The number of hydrogen-bond acceptors (Lipinski definition) is 4. The van der Waals surface area contributed by atoms with E-state index in [1.165, 1.54) is 11.1 Å². The summed E-state index contributed by atoms with van der Waals surface area (Å²) in [6.45, 7) is 2.01. The van der Waals surface area contributed by atoms with Gasteiger partial charge in [-0.2, -0.15) is 5.11 Å². The van der Waals surface area contributed by atoms with Gasteiger partial charge in [0.2, 0.25) is 0 Å².